The lowest BCUT2D eigenvalue weighted by molar-refractivity contribution is 0.391. The summed E-state index contributed by atoms with van der Waals surface area (Å²) in [6.45, 7) is 0.892. The van der Waals surface area contributed by atoms with E-state index in [4.69, 9.17) is 11.6 Å². The fraction of sp³-hybridized carbons (Fsp3) is 0.214. The fourth-order valence-corrected chi connectivity index (χ4v) is 3.82. The molecule has 1 aliphatic rings. The van der Waals surface area contributed by atoms with Gasteiger partial charge in [0.1, 0.15) is 10.0 Å². The van der Waals surface area contributed by atoms with Gasteiger partial charge in [-0.3, -0.25) is 0 Å². The Bertz CT molecular complexity index is 729. The summed E-state index contributed by atoms with van der Waals surface area (Å²) in [5.74, 6) is 0. The Morgan fingerprint density at radius 2 is 1.85 bits per heavy atom. The minimum Gasteiger partial charge on any atom is -0.243 e. The molecule has 0 fully saturated rings. The van der Waals surface area contributed by atoms with Gasteiger partial charge in [0.15, 0.2) is 0 Å². The van der Waals surface area contributed by atoms with Crippen molar-refractivity contribution in [3.05, 3.63) is 58.9 Å². The van der Waals surface area contributed by atoms with Gasteiger partial charge >= 0.3 is 0 Å². The molecular formula is C14H13ClN2O2S. The van der Waals surface area contributed by atoms with Crippen molar-refractivity contribution in [2.75, 3.05) is 6.54 Å². The zero-order valence-electron chi connectivity index (χ0n) is 10.7. The topological polar surface area (TPSA) is 50.3 Å². The molecule has 1 aromatic heterocycles. The third-order valence-corrected chi connectivity index (χ3v) is 5.49. The highest BCUT2D eigenvalue weighted by Gasteiger charge is 2.28. The molecule has 3 rings (SSSR count). The van der Waals surface area contributed by atoms with E-state index in [1.54, 1.807) is 0 Å². The minimum absolute atomic E-state index is 0.182. The van der Waals surface area contributed by atoms with E-state index in [1.165, 1.54) is 28.2 Å². The van der Waals surface area contributed by atoms with Crippen molar-refractivity contribution in [1.82, 2.24) is 9.29 Å². The summed E-state index contributed by atoms with van der Waals surface area (Å²) in [6, 6.07) is 10.9. The summed E-state index contributed by atoms with van der Waals surface area (Å²) in [7, 11) is -3.51. The number of rotatable bonds is 2. The molecule has 0 amide bonds. The molecule has 0 radical (unpaired) electrons. The van der Waals surface area contributed by atoms with Crippen molar-refractivity contribution < 1.29 is 8.42 Å². The number of halogens is 1. The number of hydrogen-bond acceptors (Lipinski definition) is 3. The zero-order valence-corrected chi connectivity index (χ0v) is 12.2. The van der Waals surface area contributed by atoms with Crippen molar-refractivity contribution in [3.8, 4) is 0 Å². The third-order valence-electron chi connectivity index (χ3n) is 3.43. The number of fused-ring (bicyclic) bond motifs is 1. The molecule has 0 aliphatic carbocycles. The standard InChI is InChI=1S/C14H13ClN2O2S/c15-14-6-5-13(9-16-14)20(18,19)17-8-7-11-3-1-2-4-12(11)10-17/h1-6,9H,7-8,10H2. The van der Waals surface area contributed by atoms with Crippen LogP contribution in [0.1, 0.15) is 11.1 Å². The maximum atomic E-state index is 12.6. The molecular weight excluding hydrogens is 296 g/mol. The Labute approximate surface area is 123 Å². The average Bonchev–Trinajstić information content (AvgIpc) is 2.47. The molecule has 4 nitrogen and oxygen atoms in total. The Morgan fingerprint density at radius 3 is 2.55 bits per heavy atom. The van der Waals surface area contributed by atoms with E-state index in [0.29, 0.717) is 13.1 Å². The molecule has 0 unspecified atom stereocenters. The molecule has 104 valence electrons. The van der Waals surface area contributed by atoms with Crippen LogP contribution in [0.3, 0.4) is 0 Å². The van der Waals surface area contributed by atoms with Crippen molar-refractivity contribution in [1.29, 1.82) is 0 Å². The first-order chi connectivity index (χ1) is 9.57. The van der Waals surface area contributed by atoms with Crippen LogP contribution < -0.4 is 0 Å². The maximum Gasteiger partial charge on any atom is 0.244 e. The quantitative estimate of drug-likeness (QED) is 0.801. The fourth-order valence-electron chi connectivity index (χ4n) is 2.34. The van der Waals surface area contributed by atoms with Crippen LogP contribution in [0.5, 0.6) is 0 Å². The van der Waals surface area contributed by atoms with Gasteiger partial charge in [-0.15, -0.1) is 0 Å². The number of sulfonamides is 1. The van der Waals surface area contributed by atoms with Gasteiger partial charge in [0.25, 0.3) is 0 Å². The number of pyridine rings is 1. The van der Waals surface area contributed by atoms with Gasteiger partial charge in [0.2, 0.25) is 10.0 Å². The Hall–Kier alpha value is -1.43. The molecule has 2 aromatic rings. The second kappa shape index (κ2) is 5.16. The van der Waals surface area contributed by atoms with Gasteiger partial charge in [-0.05, 0) is 29.7 Å². The van der Waals surface area contributed by atoms with Gasteiger partial charge < -0.3 is 0 Å². The first-order valence-corrected chi connectivity index (χ1v) is 8.08. The van der Waals surface area contributed by atoms with Crippen molar-refractivity contribution in [2.45, 2.75) is 17.9 Å². The molecule has 0 saturated carbocycles. The van der Waals surface area contributed by atoms with Gasteiger partial charge in [-0.2, -0.15) is 4.31 Å². The second-order valence-corrected chi connectivity index (χ2v) is 7.00. The summed E-state index contributed by atoms with van der Waals surface area (Å²) in [5, 5.41) is 0.285. The van der Waals surface area contributed by atoms with E-state index in [2.05, 4.69) is 4.98 Å². The molecule has 20 heavy (non-hydrogen) atoms. The van der Waals surface area contributed by atoms with Gasteiger partial charge in [-0.25, -0.2) is 13.4 Å². The van der Waals surface area contributed by atoms with E-state index < -0.39 is 10.0 Å². The third kappa shape index (κ3) is 2.44. The SMILES string of the molecule is O=S(=O)(c1ccc(Cl)nc1)N1CCc2ccccc2C1. The monoisotopic (exact) mass is 308 g/mol. The van der Waals surface area contributed by atoms with Crippen LogP contribution in [0, 0.1) is 0 Å². The first kappa shape index (κ1) is 13.5. The molecule has 2 heterocycles. The van der Waals surface area contributed by atoms with Crippen LogP contribution in [-0.4, -0.2) is 24.3 Å². The van der Waals surface area contributed by atoms with E-state index in [9.17, 15) is 8.42 Å². The largest absolute Gasteiger partial charge is 0.244 e. The predicted molar refractivity (Wildman–Crippen MR) is 77.0 cm³/mol. The highest BCUT2D eigenvalue weighted by Crippen LogP contribution is 2.24. The Balaban J connectivity index is 1.92. The lowest BCUT2D eigenvalue weighted by Crippen LogP contribution is -2.35. The number of nitrogens with zero attached hydrogens (tertiary/aromatic N) is 2. The summed E-state index contributed by atoms with van der Waals surface area (Å²) >= 11 is 5.69. The first-order valence-electron chi connectivity index (χ1n) is 6.26. The van der Waals surface area contributed by atoms with Crippen LogP contribution in [0.15, 0.2) is 47.5 Å². The molecule has 0 N–H and O–H groups in total. The highest BCUT2D eigenvalue weighted by molar-refractivity contribution is 7.89. The molecule has 0 spiro atoms. The van der Waals surface area contributed by atoms with Gasteiger partial charge in [-0.1, -0.05) is 35.9 Å². The maximum absolute atomic E-state index is 12.6. The Morgan fingerprint density at radius 1 is 1.10 bits per heavy atom. The zero-order chi connectivity index (χ0) is 14.2. The average molecular weight is 309 g/mol. The summed E-state index contributed by atoms with van der Waals surface area (Å²) in [6.07, 6.45) is 2.04. The molecule has 0 atom stereocenters. The van der Waals surface area contributed by atoms with E-state index >= 15 is 0 Å². The molecule has 0 bridgehead atoms. The number of hydrogen-bond donors (Lipinski definition) is 0. The highest BCUT2D eigenvalue weighted by atomic mass is 35.5. The summed E-state index contributed by atoms with van der Waals surface area (Å²) < 4.78 is 26.6. The number of benzene rings is 1. The normalized spacial score (nSPS) is 15.8. The van der Waals surface area contributed by atoms with Crippen LogP contribution in [0.2, 0.25) is 5.15 Å². The van der Waals surface area contributed by atoms with Crippen LogP contribution in [0.25, 0.3) is 0 Å². The number of aromatic nitrogens is 1. The molecule has 0 saturated heterocycles. The summed E-state index contributed by atoms with van der Waals surface area (Å²) in [5.41, 5.74) is 2.28. The van der Waals surface area contributed by atoms with Crippen LogP contribution >= 0.6 is 11.6 Å². The second-order valence-electron chi connectivity index (χ2n) is 4.67. The van der Waals surface area contributed by atoms with Crippen molar-refractivity contribution in [2.24, 2.45) is 0 Å². The van der Waals surface area contributed by atoms with Crippen molar-refractivity contribution in [3.63, 3.8) is 0 Å². The summed E-state index contributed by atoms with van der Waals surface area (Å²) in [4.78, 5) is 4.03. The van der Waals surface area contributed by atoms with E-state index in [0.717, 1.165) is 12.0 Å². The van der Waals surface area contributed by atoms with Gasteiger partial charge in [0.05, 0.1) is 0 Å². The van der Waals surface area contributed by atoms with Crippen molar-refractivity contribution >= 4 is 21.6 Å². The lowest BCUT2D eigenvalue weighted by Gasteiger charge is -2.27. The predicted octanol–water partition coefficient (Wildman–Crippen LogP) is 2.48. The van der Waals surface area contributed by atoms with E-state index in [-0.39, 0.29) is 10.0 Å². The molecule has 1 aliphatic heterocycles. The lowest BCUT2D eigenvalue weighted by atomic mass is 10.0. The van der Waals surface area contributed by atoms with Crippen LogP contribution in [-0.2, 0) is 23.0 Å². The van der Waals surface area contributed by atoms with E-state index in [1.807, 2.05) is 24.3 Å². The smallest absolute Gasteiger partial charge is 0.243 e. The van der Waals surface area contributed by atoms with Gasteiger partial charge in [0, 0.05) is 19.3 Å². The molecule has 6 heteroatoms. The Kier molecular flexibility index (Phi) is 3.50. The van der Waals surface area contributed by atoms with Crippen LogP contribution in [0.4, 0.5) is 0 Å². The molecule has 1 aromatic carbocycles. The minimum atomic E-state index is -3.51.